The predicted octanol–water partition coefficient (Wildman–Crippen LogP) is 2.87. The fourth-order valence-corrected chi connectivity index (χ4v) is 1.68. The Morgan fingerprint density at radius 2 is 2.08 bits per heavy atom. The van der Waals surface area contributed by atoms with Gasteiger partial charge in [0.15, 0.2) is 0 Å². The Bertz CT molecular complexity index is 177. The van der Waals surface area contributed by atoms with Gasteiger partial charge in [-0.05, 0) is 26.7 Å². The minimum Gasteiger partial charge on any atom is -0.311 e. The van der Waals surface area contributed by atoms with E-state index in [1.54, 1.807) is 0 Å². The maximum atomic E-state index is 7.66. The summed E-state index contributed by atoms with van der Waals surface area (Å²) in [5.41, 5.74) is 1.13. The summed E-state index contributed by atoms with van der Waals surface area (Å²) in [5, 5.41) is 3.46. The first-order valence-corrected chi connectivity index (χ1v) is 5.06. The Morgan fingerprint density at radius 1 is 1.42 bits per heavy atom. The molecule has 0 amide bonds. The summed E-state index contributed by atoms with van der Waals surface area (Å²) in [5.74, 6) is 0. The van der Waals surface area contributed by atoms with E-state index in [0.29, 0.717) is 6.04 Å². The zero-order chi connectivity index (χ0) is 9.68. The summed E-state index contributed by atoms with van der Waals surface area (Å²) >= 11 is 0. The Hall–Kier alpha value is -0.300. The van der Waals surface area contributed by atoms with Crippen LogP contribution in [-0.2, 0) is 0 Å². The van der Waals surface area contributed by atoms with Crippen molar-refractivity contribution in [1.29, 1.82) is 0 Å². The van der Waals surface area contributed by atoms with Gasteiger partial charge in [-0.1, -0.05) is 30.9 Å². The standard InChI is InChI=1S/C11H21N/c1-10(2)8-9-12-11-6-4-3-5-7-11/h8,11-12H,3-7,9H2,1-2H3/i8D. The number of nitrogens with one attached hydrogen (secondary N) is 1. The molecule has 1 fully saturated rings. The monoisotopic (exact) mass is 168 g/mol. The van der Waals surface area contributed by atoms with Gasteiger partial charge in [-0.15, -0.1) is 0 Å². The lowest BCUT2D eigenvalue weighted by molar-refractivity contribution is 0.385. The van der Waals surface area contributed by atoms with Crippen LogP contribution in [0.3, 0.4) is 0 Å². The molecule has 0 aromatic rings. The molecule has 1 nitrogen and oxygen atoms in total. The van der Waals surface area contributed by atoms with E-state index in [0.717, 1.165) is 18.2 Å². The van der Waals surface area contributed by atoms with E-state index in [1.807, 2.05) is 13.8 Å². The van der Waals surface area contributed by atoms with Crippen LogP contribution in [0.4, 0.5) is 0 Å². The van der Waals surface area contributed by atoms with Gasteiger partial charge >= 0.3 is 0 Å². The van der Waals surface area contributed by atoms with Crippen molar-refractivity contribution in [3.63, 3.8) is 0 Å². The molecule has 0 aromatic heterocycles. The average molecular weight is 168 g/mol. The SMILES string of the molecule is [2H]C(CNC1CCCCC1)=C(C)C. The maximum absolute atomic E-state index is 7.66. The normalized spacial score (nSPS) is 20.3. The third-order valence-corrected chi connectivity index (χ3v) is 2.44. The number of allylic oxidation sites excluding steroid dienone is 1. The first-order chi connectivity index (χ1) is 6.20. The zero-order valence-corrected chi connectivity index (χ0v) is 8.32. The Labute approximate surface area is 77.6 Å². The molecular formula is C11H21N. The van der Waals surface area contributed by atoms with Crippen LogP contribution in [0.2, 0.25) is 0 Å². The molecule has 0 heterocycles. The van der Waals surface area contributed by atoms with Crippen LogP contribution in [0.5, 0.6) is 0 Å². The van der Waals surface area contributed by atoms with Crippen LogP contribution in [0.1, 0.15) is 47.3 Å². The van der Waals surface area contributed by atoms with E-state index in [1.165, 1.54) is 32.1 Å². The third-order valence-electron chi connectivity index (χ3n) is 2.44. The van der Waals surface area contributed by atoms with Crippen LogP contribution in [0, 0.1) is 0 Å². The summed E-state index contributed by atoms with van der Waals surface area (Å²) < 4.78 is 7.66. The molecule has 0 spiro atoms. The van der Waals surface area contributed by atoms with Gasteiger partial charge < -0.3 is 5.32 Å². The minimum absolute atomic E-state index is 0.674. The molecule has 1 heteroatoms. The highest BCUT2D eigenvalue weighted by molar-refractivity contribution is 4.95. The smallest absolute Gasteiger partial charge is 0.0589 e. The van der Waals surface area contributed by atoms with Crippen LogP contribution < -0.4 is 5.32 Å². The van der Waals surface area contributed by atoms with Gasteiger partial charge in [-0.25, -0.2) is 0 Å². The highest BCUT2D eigenvalue weighted by Crippen LogP contribution is 2.16. The largest absolute Gasteiger partial charge is 0.311 e. The maximum Gasteiger partial charge on any atom is 0.0589 e. The second-order valence-corrected chi connectivity index (χ2v) is 3.89. The van der Waals surface area contributed by atoms with Gasteiger partial charge in [0.2, 0.25) is 0 Å². The molecule has 1 saturated carbocycles. The van der Waals surface area contributed by atoms with Crippen LogP contribution in [-0.4, -0.2) is 12.6 Å². The molecule has 0 atom stereocenters. The Kier molecular flexibility index (Phi) is 3.71. The Balaban J connectivity index is 2.21. The summed E-state index contributed by atoms with van der Waals surface area (Å²) in [6.45, 7) is 4.77. The van der Waals surface area contributed by atoms with Crippen molar-refractivity contribution in [3.05, 3.63) is 11.6 Å². The van der Waals surface area contributed by atoms with Crippen molar-refractivity contribution in [2.24, 2.45) is 0 Å². The molecule has 0 unspecified atom stereocenters. The van der Waals surface area contributed by atoms with E-state index in [9.17, 15) is 0 Å². The van der Waals surface area contributed by atoms with Crippen molar-refractivity contribution in [1.82, 2.24) is 5.32 Å². The second kappa shape index (κ2) is 5.36. The average Bonchev–Trinajstić information content (AvgIpc) is 2.15. The van der Waals surface area contributed by atoms with Gasteiger partial charge in [0, 0.05) is 12.6 Å². The molecule has 0 saturated heterocycles. The highest BCUT2D eigenvalue weighted by Gasteiger charge is 2.10. The first-order valence-electron chi connectivity index (χ1n) is 5.56. The van der Waals surface area contributed by atoms with Crippen molar-refractivity contribution in [2.75, 3.05) is 6.54 Å². The first kappa shape index (κ1) is 8.31. The summed E-state index contributed by atoms with van der Waals surface area (Å²) in [7, 11) is 0. The molecule has 1 N–H and O–H groups in total. The number of hydrogen-bond donors (Lipinski definition) is 1. The summed E-state index contributed by atoms with van der Waals surface area (Å²) in [4.78, 5) is 0. The fraction of sp³-hybridized carbons (Fsp3) is 0.818. The zero-order valence-electron chi connectivity index (χ0n) is 9.32. The molecule has 12 heavy (non-hydrogen) atoms. The van der Waals surface area contributed by atoms with Crippen molar-refractivity contribution < 1.29 is 1.37 Å². The molecule has 0 aliphatic heterocycles. The van der Waals surface area contributed by atoms with Gasteiger partial charge in [0.05, 0.1) is 1.37 Å². The summed E-state index contributed by atoms with van der Waals surface area (Å²) in [6, 6.07) is 1.43. The van der Waals surface area contributed by atoms with Crippen molar-refractivity contribution in [3.8, 4) is 0 Å². The lowest BCUT2D eigenvalue weighted by atomic mass is 9.95. The Morgan fingerprint density at radius 3 is 2.67 bits per heavy atom. The number of rotatable bonds is 3. The molecule has 1 aliphatic carbocycles. The molecular weight excluding hydrogens is 146 g/mol. The topological polar surface area (TPSA) is 12.0 Å². The fourth-order valence-electron chi connectivity index (χ4n) is 1.68. The molecule has 0 bridgehead atoms. The van der Waals surface area contributed by atoms with Crippen LogP contribution in [0.15, 0.2) is 11.6 Å². The van der Waals surface area contributed by atoms with Crippen LogP contribution in [0.25, 0.3) is 0 Å². The van der Waals surface area contributed by atoms with Crippen molar-refractivity contribution >= 4 is 0 Å². The molecule has 1 aliphatic rings. The predicted molar refractivity (Wildman–Crippen MR) is 54.3 cm³/mol. The van der Waals surface area contributed by atoms with E-state index in [-0.39, 0.29) is 0 Å². The quantitative estimate of drug-likeness (QED) is 0.639. The van der Waals surface area contributed by atoms with Gasteiger partial charge in [0.1, 0.15) is 0 Å². The van der Waals surface area contributed by atoms with E-state index in [4.69, 9.17) is 1.37 Å². The van der Waals surface area contributed by atoms with Gasteiger partial charge in [-0.2, -0.15) is 0 Å². The minimum atomic E-state index is 0.674. The molecule has 1 rings (SSSR count). The second-order valence-electron chi connectivity index (χ2n) is 3.89. The molecule has 0 radical (unpaired) electrons. The van der Waals surface area contributed by atoms with Crippen LogP contribution >= 0.6 is 0 Å². The summed E-state index contributed by atoms with van der Waals surface area (Å²) in [6.07, 6.45) is 6.72. The van der Waals surface area contributed by atoms with E-state index in [2.05, 4.69) is 5.32 Å². The molecule has 70 valence electrons. The lowest BCUT2D eigenvalue weighted by Crippen LogP contribution is -2.31. The molecule has 0 aromatic carbocycles. The number of hydrogen-bond acceptors (Lipinski definition) is 1. The van der Waals surface area contributed by atoms with Crippen molar-refractivity contribution in [2.45, 2.75) is 52.0 Å². The third kappa shape index (κ3) is 3.91. The van der Waals surface area contributed by atoms with E-state index < -0.39 is 0 Å². The van der Waals surface area contributed by atoms with Gasteiger partial charge in [-0.3, -0.25) is 0 Å². The highest BCUT2D eigenvalue weighted by atomic mass is 14.9. The lowest BCUT2D eigenvalue weighted by Gasteiger charge is -2.22. The van der Waals surface area contributed by atoms with E-state index >= 15 is 0 Å². The van der Waals surface area contributed by atoms with Gasteiger partial charge in [0.25, 0.3) is 0 Å².